The molecular formula is C14H16N2O4. The van der Waals surface area contributed by atoms with Gasteiger partial charge in [-0.15, -0.1) is 0 Å². The lowest BCUT2D eigenvalue weighted by molar-refractivity contribution is -0.120. The van der Waals surface area contributed by atoms with E-state index < -0.39 is 0 Å². The maximum absolute atomic E-state index is 11.5. The Labute approximate surface area is 116 Å². The highest BCUT2D eigenvalue weighted by molar-refractivity contribution is 6.28. The molecule has 0 aromatic heterocycles. The van der Waals surface area contributed by atoms with Gasteiger partial charge >= 0.3 is 0 Å². The van der Waals surface area contributed by atoms with Gasteiger partial charge in [-0.2, -0.15) is 0 Å². The first-order chi connectivity index (χ1) is 9.08. The zero-order chi connectivity index (χ0) is 13.8. The fraction of sp³-hybridized carbons (Fsp3) is 0.214. The largest absolute Gasteiger partial charge is 0.412 e. The van der Waals surface area contributed by atoms with Gasteiger partial charge in [-0.25, -0.2) is 4.90 Å². The summed E-state index contributed by atoms with van der Waals surface area (Å²) in [4.78, 5) is 34.7. The van der Waals surface area contributed by atoms with Crippen molar-refractivity contribution < 1.29 is 19.9 Å². The van der Waals surface area contributed by atoms with Crippen LogP contribution >= 0.6 is 0 Å². The van der Waals surface area contributed by atoms with Crippen LogP contribution in [-0.4, -0.2) is 23.2 Å². The van der Waals surface area contributed by atoms with Crippen LogP contribution in [0.2, 0.25) is 0 Å². The first-order valence-corrected chi connectivity index (χ1v) is 6.01. The van der Waals surface area contributed by atoms with Gasteiger partial charge in [-0.05, 0) is 30.5 Å². The number of aryl methyl sites for hydroxylation is 1. The summed E-state index contributed by atoms with van der Waals surface area (Å²) in [6.45, 7) is 0. The Morgan fingerprint density at radius 2 is 1.60 bits per heavy atom. The molecule has 0 saturated heterocycles. The Morgan fingerprint density at radius 1 is 1.05 bits per heavy atom. The second kappa shape index (κ2) is 6.63. The number of benzene rings is 1. The van der Waals surface area contributed by atoms with Crippen LogP contribution in [0.1, 0.15) is 18.4 Å². The van der Waals surface area contributed by atoms with Crippen molar-refractivity contribution in [3.8, 4) is 0 Å². The van der Waals surface area contributed by atoms with Gasteiger partial charge in [-0.1, -0.05) is 12.1 Å². The Hall–Kier alpha value is -2.47. The summed E-state index contributed by atoms with van der Waals surface area (Å²) in [6.07, 6.45) is 4.29. The quantitative estimate of drug-likeness (QED) is 0.769. The fourth-order valence-corrected chi connectivity index (χ4v) is 1.93. The number of hydrogen-bond donors (Lipinski definition) is 1. The summed E-state index contributed by atoms with van der Waals surface area (Å²) < 4.78 is 0. The monoisotopic (exact) mass is 276 g/mol. The molecule has 1 heterocycles. The second-order valence-corrected chi connectivity index (χ2v) is 4.33. The summed E-state index contributed by atoms with van der Waals surface area (Å²) in [6, 6.07) is 7.13. The lowest BCUT2D eigenvalue weighted by atomic mass is 10.1. The van der Waals surface area contributed by atoms with Crippen LogP contribution in [0.4, 0.5) is 5.69 Å². The predicted molar refractivity (Wildman–Crippen MR) is 73.8 cm³/mol. The van der Waals surface area contributed by atoms with Crippen LogP contribution in [0.15, 0.2) is 36.4 Å². The number of nitrogens with zero attached hydrogens (tertiary/aromatic N) is 1. The topological polar surface area (TPSA) is 112 Å². The number of rotatable bonds is 5. The minimum Gasteiger partial charge on any atom is -0.412 e. The molecule has 0 saturated carbocycles. The lowest BCUT2D eigenvalue weighted by Gasteiger charge is -2.14. The minimum atomic E-state index is -0.327. The molecule has 0 spiro atoms. The maximum atomic E-state index is 11.5. The van der Waals surface area contributed by atoms with E-state index in [1.165, 1.54) is 12.2 Å². The standard InChI is InChI=1S/C14H14N2O3.H2O/c15-12(17)3-1-2-10-4-6-11(7-5-10)16-13(18)8-9-14(16)19;/h4-9H,1-3H2,(H2,15,17);1H2. The molecule has 6 heteroatoms. The number of anilines is 1. The van der Waals surface area contributed by atoms with Crippen LogP contribution in [0, 0.1) is 0 Å². The van der Waals surface area contributed by atoms with Crippen LogP contribution in [-0.2, 0) is 20.8 Å². The predicted octanol–water partition coefficient (Wildman–Crippen LogP) is 0.0993. The van der Waals surface area contributed by atoms with Gasteiger partial charge in [0.1, 0.15) is 0 Å². The third kappa shape index (κ3) is 3.52. The molecule has 1 aromatic rings. The Balaban J connectivity index is 0.00000200. The van der Waals surface area contributed by atoms with E-state index >= 15 is 0 Å². The molecule has 0 fully saturated rings. The molecule has 0 unspecified atom stereocenters. The van der Waals surface area contributed by atoms with Crippen LogP contribution in [0.25, 0.3) is 0 Å². The highest BCUT2D eigenvalue weighted by Gasteiger charge is 2.24. The van der Waals surface area contributed by atoms with Gasteiger partial charge < -0.3 is 11.2 Å². The number of amides is 3. The summed E-state index contributed by atoms with van der Waals surface area (Å²) in [5, 5.41) is 0. The lowest BCUT2D eigenvalue weighted by Crippen LogP contribution is -2.29. The van der Waals surface area contributed by atoms with Gasteiger partial charge in [0, 0.05) is 18.6 Å². The minimum absolute atomic E-state index is 0. The first kappa shape index (κ1) is 15.6. The average Bonchev–Trinajstić information content (AvgIpc) is 2.70. The number of primary amides is 1. The number of carbonyl (C=O) groups excluding carboxylic acids is 3. The number of imide groups is 1. The molecule has 1 aliphatic heterocycles. The molecule has 2 rings (SSSR count). The first-order valence-electron chi connectivity index (χ1n) is 6.01. The highest BCUT2D eigenvalue weighted by atomic mass is 16.2. The molecule has 1 aromatic carbocycles. The number of nitrogens with two attached hydrogens (primary N) is 1. The van der Waals surface area contributed by atoms with E-state index in [0.717, 1.165) is 16.9 Å². The molecule has 4 N–H and O–H groups in total. The molecule has 20 heavy (non-hydrogen) atoms. The Bertz CT molecular complexity index is 531. The Kier molecular flexibility index (Phi) is 5.16. The van der Waals surface area contributed by atoms with Gasteiger partial charge in [-0.3, -0.25) is 14.4 Å². The molecule has 3 amide bonds. The summed E-state index contributed by atoms with van der Waals surface area (Å²) in [5.41, 5.74) is 6.66. The van der Waals surface area contributed by atoms with Gasteiger partial charge in [0.25, 0.3) is 11.8 Å². The van der Waals surface area contributed by atoms with E-state index in [2.05, 4.69) is 0 Å². The van der Waals surface area contributed by atoms with Gasteiger partial charge in [0.05, 0.1) is 5.69 Å². The van der Waals surface area contributed by atoms with Crippen LogP contribution < -0.4 is 10.6 Å². The van der Waals surface area contributed by atoms with Crippen LogP contribution in [0.5, 0.6) is 0 Å². The number of carbonyl (C=O) groups is 3. The van der Waals surface area contributed by atoms with Crippen molar-refractivity contribution in [3.05, 3.63) is 42.0 Å². The molecule has 0 bridgehead atoms. The van der Waals surface area contributed by atoms with Gasteiger partial charge in [0.15, 0.2) is 0 Å². The third-order valence-corrected chi connectivity index (χ3v) is 2.89. The maximum Gasteiger partial charge on any atom is 0.258 e. The van der Waals surface area contributed by atoms with Crippen molar-refractivity contribution in [3.63, 3.8) is 0 Å². The zero-order valence-electron chi connectivity index (χ0n) is 10.8. The van der Waals surface area contributed by atoms with E-state index in [1.807, 2.05) is 12.1 Å². The molecular weight excluding hydrogens is 260 g/mol. The molecule has 0 atom stereocenters. The SMILES string of the molecule is NC(=O)CCCc1ccc(N2C(=O)C=CC2=O)cc1.O. The summed E-state index contributed by atoms with van der Waals surface area (Å²) >= 11 is 0. The zero-order valence-corrected chi connectivity index (χ0v) is 10.8. The van der Waals surface area contributed by atoms with E-state index in [0.29, 0.717) is 18.5 Å². The van der Waals surface area contributed by atoms with Crippen molar-refractivity contribution in [1.29, 1.82) is 0 Å². The third-order valence-electron chi connectivity index (χ3n) is 2.89. The van der Waals surface area contributed by atoms with Crippen molar-refractivity contribution >= 4 is 23.4 Å². The molecule has 1 aliphatic rings. The average molecular weight is 276 g/mol. The molecule has 0 aliphatic carbocycles. The van der Waals surface area contributed by atoms with Crippen molar-refractivity contribution in [1.82, 2.24) is 0 Å². The van der Waals surface area contributed by atoms with Crippen LogP contribution in [0.3, 0.4) is 0 Å². The summed E-state index contributed by atoms with van der Waals surface area (Å²) in [7, 11) is 0. The Morgan fingerprint density at radius 3 is 2.10 bits per heavy atom. The molecule has 106 valence electrons. The fourth-order valence-electron chi connectivity index (χ4n) is 1.93. The molecule has 0 radical (unpaired) electrons. The van der Waals surface area contributed by atoms with E-state index in [-0.39, 0.29) is 23.2 Å². The number of hydrogen-bond acceptors (Lipinski definition) is 3. The van der Waals surface area contributed by atoms with Crippen molar-refractivity contribution in [2.75, 3.05) is 4.90 Å². The second-order valence-electron chi connectivity index (χ2n) is 4.33. The summed E-state index contributed by atoms with van der Waals surface area (Å²) in [5.74, 6) is -0.964. The van der Waals surface area contributed by atoms with E-state index in [4.69, 9.17) is 5.73 Å². The van der Waals surface area contributed by atoms with Gasteiger partial charge in [0.2, 0.25) is 5.91 Å². The highest BCUT2D eigenvalue weighted by Crippen LogP contribution is 2.20. The normalized spacial score (nSPS) is 13.5. The van der Waals surface area contributed by atoms with E-state index in [1.54, 1.807) is 12.1 Å². The van der Waals surface area contributed by atoms with E-state index in [9.17, 15) is 14.4 Å². The molecule has 6 nitrogen and oxygen atoms in total. The smallest absolute Gasteiger partial charge is 0.258 e. The van der Waals surface area contributed by atoms with Crippen molar-refractivity contribution in [2.24, 2.45) is 5.73 Å². The van der Waals surface area contributed by atoms with Crippen molar-refractivity contribution in [2.45, 2.75) is 19.3 Å².